The van der Waals surface area contributed by atoms with E-state index in [9.17, 15) is 13.2 Å². The Morgan fingerprint density at radius 3 is 2.33 bits per heavy atom. The molecule has 2 N–H and O–H groups in total. The average Bonchev–Trinajstić information content (AvgIpc) is 2.85. The average molecular weight is 566 g/mol. The van der Waals surface area contributed by atoms with Crippen LogP contribution in [0.3, 0.4) is 0 Å². The van der Waals surface area contributed by atoms with Gasteiger partial charge < -0.3 is 10.6 Å². The number of nitrogens with one attached hydrogen (secondary N) is 2. The first-order valence-corrected chi connectivity index (χ1v) is 13.9. The second-order valence-corrected chi connectivity index (χ2v) is 11.9. The summed E-state index contributed by atoms with van der Waals surface area (Å²) in [7, 11) is -3.89. The lowest BCUT2D eigenvalue weighted by Crippen LogP contribution is -2.51. The van der Waals surface area contributed by atoms with Crippen LogP contribution in [-0.2, 0) is 16.6 Å². The van der Waals surface area contributed by atoms with Gasteiger partial charge in [-0.05, 0) is 42.8 Å². The maximum Gasteiger partial charge on any atom is 0.326 e. The standard InChI is InChI=1S/C25H23Cl3N4O3S/c1-15-14-31(10-9-29-15)36(34,35)16-11-18(17-5-2-3-6-20(17)26)19-13-30-25(33)32(23(19)12-16)24-21(27)7-4-8-22(24)28/h2-8,11-12,15,29H,9-10,13-14H2,1H3,(H,30,33). The molecular formula is C25H23Cl3N4O3S. The molecule has 0 radical (unpaired) electrons. The van der Waals surface area contributed by atoms with Gasteiger partial charge in [0.1, 0.15) is 0 Å². The summed E-state index contributed by atoms with van der Waals surface area (Å²) < 4.78 is 29.1. The Balaban J connectivity index is 1.78. The second kappa shape index (κ2) is 9.85. The van der Waals surface area contributed by atoms with Crippen LogP contribution < -0.4 is 15.5 Å². The van der Waals surface area contributed by atoms with Crippen molar-refractivity contribution in [1.29, 1.82) is 0 Å². The first kappa shape index (κ1) is 25.3. The van der Waals surface area contributed by atoms with Crippen molar-refractivity contribution in [3.05, 3.63) is 75.2 Å². The van der Waals surface area contributed by atoms with Gasteiger partial charge in [-0.3, -0.25) is 4.90 Å². The van der Waals surface area contributed by atoms with Gasteiger partial charge in [-0.15, -0.1) is 0 Å². The van der Waals surface area contributed by atoms with Gasteiger partial charge in [-0.2, -0.15) is 4.31 Å². The summed E-state index contributed by atoms with van der Waals surface area (Å²) in [6.07, 6.45) is 0. The molecule has 5 rings (SSSR count). The van der Waals surface area contributed by atoms with Gasteiger partial charge in [-0.25, -0.2) is 13.2 Å². The Morgan fingerprint density at radius 1 is 0.944 bits per heavy atom. The molecule has 0 aliphatic carbocycles. The van der Waals surface area contributed by atoms with E-state index >= 15 is 0 Å². The van der Waals surface area contributed by atoms with Crippen LogP contribution in [0.4, 0.5) is 16.2 Å². The highest BCUT2D eigenvalue weighted by Gasteiger charge is 2.35. The predicted molar refractivity (Wildman–Crippen MR) is 144 cm³/mol. The van der Waals surface area contributed by atoms with E-state index in [0.717, 1.165) is 0 Å². The molecule has 3 aromatic rings. The van der Waals surface area contributed by atoms with Crippen LogP contribution >= 0.6 is 34.8 Å². The van der Waals surface area contributed by atoms with Crippen molar-refractivity contribution in [2.24, 2.45) is 0 Å². The first-order chi connectivity index (χ1) is 17.2. The number of carbonyl (C=O) groups excluding carboxylic acids is 1. The van der Waals surface area contributed by atoms with Crippen LogP contribution in [0.5, 0.6) is 0 Å². The van der Waals surface area contributed by atoms with Crippen LogP contribution in [0.25, 0.3) is 11.1 Å². The third-order valence-corrected chi connectivity index (χ3v) is 9.14. The SMILES string of the molecule is CC1CN(S(=O)(=O)c2cc(-c3ccccc3Cl)c3c(c2)N(c2c(Cl)cccc2Cl)C(=O)NC3)CCN1. The lowest BCUT2D eigenvalue weighted by molar-refractivity contribution is 0.247. The highest BCUT2D eigenvalue weighted by atomic mass is 35.5. The van der Waals surface area contributed by atoms with Crippen LogP contribution in [-0.4, -0.2) is 44.4 Å². The number of rotatable bonds is 4. The molecule has 188 valence electrons. The van der Waals surface area contributed by atoms with Crippen molar-refractivity contribution in [2.45, 2.75) is 24.4 Å². The number of anilines is 2. The third kappa shape index (κ3) is 4.47. The molecule has 3 aromatic carbocycles. The molecule has 1 fully saturated rings. The smallest absolute Gasteiger partial charge is 0.326 e. The Morgan fingerprint density at radius 2 is 1.64 bits per heavy atom. The Labute approximate surface area is 225 Å². The minimum atomic E-state index is -3.89. The van der Waals surface area contributed by atoms with Gasteiger partial charge in [0.15, 0.2) is 0 Å². The first-order valence-electron chi connectivity index (χ1n) is 11.4. The molecular weight excluding hydrogens is 543 g/mol. The summed E-state index contributed by atoms with van der Waals surface area (Å²) in [5, 5.41) is 7.10. The number of hydrogen-bond acceptors (Lipinski definition) is 4. The van der Waals surface area contributed by atoms with Gasteiger partial charge in [0.05, 0.1) is 26.3 Å². The fourth-order valence-corrected chi connectivity index (χ4v) is 7.01. The van der Waals surface area contributed by atoms with E-state index in [4.69, 9.17) is 34.8 Å². The maximum atomic E-state index is 13.8. The van der Waals surface area contributed by atoms with Gasteiger partial charge in [-0.1, -0.05) is 59.1 Å². The largest absolute Gasteiger partial charge is 0.333 e. The van der Waals surface area contributed by atoms with Crippen LogP contribution in [0.2, 0.25) is 15.1 Å². The van der Waals surface area contributed by atoms with Crippen LogP contribution in [0.15, 0.2) is 59.5 Å². The fraction of sp³-hybridized carbons (Fsp3) is 0.240. The normalized spacial score (nSPS) is 18.6. The monoisotopic (exact) mass is 564 g/mol. The maximum absolute atomic E-state index is 13.8. The molecule has 11 heteroatoms. The van der Waals surface area contributed by atoms with E-state index in [1.165, 1.54) is 15.3 Å². The van der Waals surface area contributed by atoms with E-state index in [1.54, 1.807) is 36.4 Å². The zero-order valence-corrected chi connectivity index (χ0v) is 22.3. The second-order valence-electron chi connectivity index (χ2n) is 8.73. The van der Waals surface area contributed by atoms with Crippen molar-refractivity contribution >= 4 is 62.2 Å². The molecule has 0 bridgehead atoms. The number of nitrogens with zero attached hydrogens (tertiary/aromatic N) is 2. The molecule has 1 unspecified atom stereocenters. The zero-order valence-electron chi connectivity index (χ0n) is 19.3. The van der Waals surface area contributed by atoms with Gasteiger partial charge in [0.2, 0.25) is 10.0 Å². The zero-order chi connectivity index (χ0) is 25.6. The number of urea groups is 1. The summed E-state index contributed by atoms with van der Waals surface area (Å²) in [5.74, 6) is 0. The van der Waals surface area contributed by atoms with Gasteiger partial charge in [0.25, 0.3) is 0 Å². The third-order valence-electron chi connectivity index (χ3n) is 6.35. The molecule has 2 aliphatic heterocycles. The molecule has 1 atom stereocenters. The van der Waals surface area contributed by atoms with Gasteiger partial charge >= 0.3 is 6.03 Å². The topological polar surface area (TPSA) is 81.8 Å². The number of carbonyl (C=O) groups is 1. The Kier molecular flexibility index (Phi) is 6.93. The molecule has 36 heavy (non-hydrogen) atoms. The lowest BCUT2D eigenvalue weighted by atomic mass is 9.96. The number of benzene rings is 3. The minimum Gasteiger partial charge on any atom is -0.333 e. The van der Waals surface area contributed by atoms with E-state index < -0.39 is 16.1 Å². The number of para-hydroxylation sites is 1. The summed E-state index contributed by atoms with van der Waals surface area (Å²) >= 11 is 19.5. The van der Waals surface area contributed by atoms with E-state index in [2.05, 4.69) is 10.6 Å². The quantitative estimate of drug-likeness (QED) is 0.428. The molecule has 2 aliphatic rings. The van der Waals surface area contributed by atoms with Gasteiger partial charge in [0, 0.05) is 48.4 Å². The fourth-order valence-electron chi connectivity index (χ4n) is 4.63. The number of halogens is 3. The Bertz CT molecular complexity index is 1440. The number of sulfonamides is 1. The van der Waals surface area contributed by atoms with Crippen molar-refractivity contribution in [3.63, 3.8) is 0 Å². The van der Waals surface area contributed by atoms with Crippen molar-refractivity contribution in [1.82, 2.24) is 14.9 Å². The van der Waals surface area contributed by atoms with E-state index in [-0.39, 0.29) is 33.2 Å². The van der Waals surface area contributed by atoms with Crippen LogP contribution in [0, 0.1) is 0 Å². The highest BCUT2D eigenvalue weighted by Crippen LogP contribution is 2.45. The van der Waals surface area contributed by atoms with E-state index in [0.29, 0.717) is 47.0 Å². The Hall–Kier alpha value is -2.33. The highest BCUT2D eigenvalue weighted by molar-refractivity contribution is 7.89. The molecule has 7 nitrogen and oxygen atoms in total. The van der Waals surface area contributed by atoms with Crippen molar-refractivity contribution in [3.8, 4) is 11.1 Å². The summed E-state index contributed by atoms with van der Waals surface area (Å²) in [5.41, 5.74) is 2.62. The molecule has 2 heterocycles. The number of amides is 2. The molecule has 0 aromatic heterocycles. The van der Waals surface area contributed by atoms with Crippen molar-refractivity contribution < 1.29 is 13.2 Å². The lowest BCUT2D eigenvalue weighted by Gasteiger charge is -2.34. The summed E-state index contributed by atoms with van der Waals surface area (Å²) in [6, 6.07) is 14.8. The molecule has 1 saturated heterocycles. The number of hydrogen-bond donors (Lipinski definition) is 2. The molecule has 2 amide bonds. The van der Waals surface area contributed by atoms with E-state index in [1.807, 2.05) is 19.1 Å². The summed E-state index contributed by atoms with van der Waals surface area (Å²) in [6.45, 7) is 3.34. The van der Waals surface area contributed by atoms with Crippen LogP contribution in [0.1, 0.15) is 12.5 Å². The summed E-state index contributed by atoms with van der Waals surface area (Å²) in [4.78, 5) is 14.6. The molecule has 0 spiro atoms. The minimum absolute atomic E-state index is 0.0124. The van der Waals surface area contributed by atoms with Crippen molar-refractivity contribution in [2.75, 3.05) is 24.5 Å². The number of piperazine rings is 1. The number of fused-ring (bicyclic) bond motifs is 1. The molecule has 0 saturated carbocycles. The predicted octanol–water partition coefficient (Wildman–Crippen LogP) is 5.66.